The van der Waals surface area contributed by atoms with Crippen LogP contribution in [0.25, 0.3) is 0 Å². The number of fused-ring (bicyclic) bond motifs is 1. The summed E-state index contributed by atoms with van der Waals surface area (Å²) in [4.78, 5) is 41.6. The van der Waals surface area contributed by atoms with Crippen LogP contribution in [-0.4, -0.2) is 61.3 Å². The number of nitrogens with one attached hydrogen (secondary N) is 1. The highest BCUT2D eigenvalue weighted by Gasteiger charge is 2.28. The zero-order valence-corrected chi connectivity index (χ0v) is 17.6. The molecule has 0 radical (unpaired) electrons. The Balaban J connectivity index is 1.57. The van der Waals surface area contributed by atoms with Crippen molar-refractivity contribution in [3.63, 3.8) is 0 Å². The number of amides is 3. The van der Waals surface area contributed by atoms with Gasteiger partial charge in [-0.2, -0.15) is 0 Å². The van der Waals surface area contributed by atoms with Gasteiger partial charge in [-0.05, 0) is 50.6 Å². The van der Waals surface area contributed by atoms with Crippen molar-refractivity contribution in [2.45, 2.75) is 44.9 Å². The second-order valence-corrected chi connectivity index (χ2v) is 9.06. The van der Waals surface area contributed by atoms with Gasteiger partial charge >= 0.3 is 0 Å². The van der Waals surface area contributed by atoms with Gasteiger partial charge in [0.2, 0.25) is 11.8 Å². The first-order valence-corrected chi connectivity index (χ1v) is 10.9. The van der Waals surface area contributed by atoms with Gasteiger partial charge in [-0.25, -0.2) is 0 Å². The lowest BCUT2D eigenvalue weighted by Crippen LogP contribution is -2.43. The Labute approximate surface area is 170 Å². The molecule has 1 aromatic rings. The number of primary amides is 1. The highest BCUT2D eigenvalue weighted by Crippen LogP contribution is 2.37. The summed E-state index contributed by atoms with van der Waals surface area (Å²) in [5.41, 5.74) is 7.12. The van der Waals surface area contributed by atoms with Crippen molar-refractivity contribution in [3.05, 3.63) is 16.0 Å². The smallest absolute Gasteiger partial charge is 0.251 e. The molecule has 1 fully saturated rings. The molecule has 3 amide bonds. The second-order valence-electron chi connectivity index (χ2n) is 7.95. The van der Waals surface area contributed by atoms with Crippen LogP contribution < -0.4 is 11.1 Å². The summed E-state index contributed by atoms with van der Waals surface area (Å²) in [7, 11) is 3.57. The van der Waals surface area contributed by atoms with Gasteiger partial charge in [0, 0.05) is 38.5 Å². The van der Waals surface area contributed by atoms with Gasteiger partial charge in [-0.3, -0.25) is 14.4 Å². The van der Waals surface area contributed by atoms with E-state index in [1.165, 1.54) is 16.2 Å². The lowest BCUT2D eigenvalue weighted by atomic mass is 9.95. The van der Waals surface area contributed by atoms with Crippen LogP contribution in [0, 0.1) is 5.92 Å². The molecule has 28 heavy (non-hydrogen) atoms. The van der Waals surface area contributed by atoms with Crippen LogP contribution in [0.2, 0.25) is 0 Å². The number of nitrogens with zero attached hydrogens (tertiary/aromatic N) is 2. The number of aryl methyl sites for hydroxylation is 1. The molecule has 0 bridgehead atoms. The molecule has 0 spiro atoms. The number of piperidine rings is 1. The van der Waals surface area contributed by atoms with E-state index in [1.807, 2.05) is 0 Å². The molecule has 1 unspecified atom stereocenters. The van der Waals surface area contributed by atoms with Crippen LogP contribution in [0.4, 0.5) is 5.00 Å². The summed E-state index contributed by atoms with van der Waals surface area (Å²) in [6.45, 7) is 2.22. The van der Waals surface area contributed by atoms with E-state index in [1.54, 1.807) is 19.0 Å². The molecule has 0 aromatic carbocycles. The normalized spacial score (nSPS) is 19.7. The molecule has 2 aliphatic rings. The van der Waals surface area contributed by atoms with Crippen LogP contribution in [0.3, 0.4) is 0 Å². The quantitative estimate of drug-likeness (QED) is 0.754. The predicted octanol–water partition coefficient (Wildman–Crippen LogP) is 1.85. The Morgan fingerprint density at radius 3 is 2.68 bits per heavy atom. The highest BCUT2D eigenvalue weighted by molar-refractivity contribution is 7.17. The van der Waals surface area contributed by atoms with E-state index in [9.17, 15) is 14.4 Å². The molecule has 8 heteroatoms. The third-order valence-corrected chi connectivity index (χ3v) is 6.83. The fourth-order valence-corrected chi connectivity index (χ4v) is 5.50. The number of thiophene rings is 1. The highest BCUT2D eigenvalue weighted by atomic mass is 32.1. The van der Waals surface area contributed by atoms with E-state index in [0.717, 1.165) is 50.6 Å². The van der Waals surface area contributed by atoms with Gasteiger partial charge in [0.25, 0.3) is 5.91 Å². The minimum Gasteiger partial charge on any atom is -0.365 e. The van der Waals surface area contributed by atoms with Gasteiger partial charge in [0.15, 0.2) is 0 Å². The summed E-state index contributed by atoms with van der Waals surface area (Å²) in [5, 5.41) is 3.52. The number of hydrogen-bond acceptors (Lipinski definition) is 5. The standard InChI is InChI=1S/C20H30N4O3S/c1-23(2)20(27)13-6-5-10-24(12-13)11-9-16(25)22-19-17(18(21)26)14-7-3-4-8-15(14)28-19/h13H,3-12H2,1-2H3,(H2,21,26)(H,22,25). The number of anilines is 1. The van der Waals surface area contributed by atoms with Crippen LogP contribution in [0.1, 0.15) is 52.9 Å². The van der Waals surface area contributed by atoms with Crippen molar-refractivity contribution in [2.75, 3.05) is 39.0 Å². The monoisotopic (exact) mass is 406 g/mol. The first-order valence-electron chi connectivity index (χ1n) is 10.0. The fourth-order valence-electron chi connectivity index (χ4n) is 4.19. The molecule has 2 heterocycles. The first kappa shape index (κ1) is 20.8. The third-order valence-electron chi connectivity index (χ3n) is 5.62. The van der Waals surface area contributed by atoms with Crippen LogP contribution >= 0.6 is 11.3 Å². The first-order chi connectivity index (χ1) is 13.4. The second kappa shape index (κ2) is 9.05. The topological polar surface area (TPSA) is 95.7 Å². The lowest BCUT2D eigenvalue weighted by molar-refractivity contribution is -0.134. The van der Waals surface area contributed by atoms with Crippen LogP contribution in [-0.2, 0) is 22.4 Å². The molecular weight excluding hydrogens is 376 g/mol. The molecule has 1 atom stereocenters. The van der Waals surface area contributed by atoms with Gasteiger partial charge < -0.3 is 20.9 Å². The molecule has 1 aliphatic heterocycles. The number of nitrogens with two attached hydrogens (primary N) is 1. The largest absolute Gasteiger partial charge is 0.365 e. The van der Waals surface area contributed by atoms with E-state index in [4.69, 9.17) is 5.73 Å². The molecular formula is C20H30N4O3S. The molecule has 1 aliphatic carbocycles. The molecule has 154 valence electrons. The average molecular weight is 407 g/mol. The number of rotatable bonds is 6. The summed E-state index contributed by atoms with van der Waals surface area (Å²) in [6.07, 6.45) is 6.18. The van der Waals surface area contributed by atoms with Crippen molar-refractivity contribution < 1.29 is 14.4 Å². The van der Waals surface area contributed by atoms with Crippen LogP contribution in [0.5, 0.6) is 0 Å². The van der Waals surface area contributed by atoms with E-state index in [2.05, 4.69) is 10.2 Å². The summed E-state index contributed by atoms with van der Waals surface area (Å²) >= 11 is 1.49. The Kier molecular flexibility index (Phi) is 6.72. The van der Waals surface area contributed by atoms with E-state index < -0.39 is 5.91 Å². The van der Waals surface area contributed by atoms with Crippen molar-refractivity contribution >= 4 is 34.1 Å². The van der Waals surface area contributed by atoms with E-state index in [0.29, 0.717) is 30.1 Å². The summed E-state index contributed by atoms with van der Waals surface area (Å²) in [5.74, 6) is -0.403. The number of carbonyl (C=O) groups is 3. The number of carbonyl (C=O) groups excluding carboxylic acids is 3. The van der Waals surface area contributed by atoms with Gasteiger partial charge in [0.1, 0.15) is 5.00 Å². The molecule has 1 saturated heterocycles. The predicted molar refractivity (Wildman–Crippen MR) is 111 cm³/mol. The summed E-state index contributed by atoms with van der Waals surface area (Å²) < 4.78 is 0. The van der Waals surface area contributed by atoms with Gasteiger partial charge in [-0.15, -0.1) is 11.3 Å². The zero-order chi connectivity index (χ0) is 20.3. The zero-order valence-electron chi connectivity index (χ0n) is 16.8. The summed E-state index contributed by atoms with van der Waals surface area (Å²) in [6, 6.07) is 0. The molecule has 1 aromatic heterocycles. The molecule has 7 nitrogen and oxygen atoms in total. The molecule has 3 rings (SSSR count). The van der Waals surface area contributed by atoms with Crippen molar-refractivity contribution in [1.82, 2.24) is 9.80 Å². The minimum atomic E-state index is -0.462. The maximum Gasteiger partial charge on any atom is 0.251 e. The maximum absolute atomic E-state index is 12.5. The molecule has 3 N–H and O–H groups in total. The number of hydrogen-bond donors (Lipinski definition) is 2. The van der Waals surface area contributed by atoms with Gasteiger partial charge in [0.05, 0.1) is 11.5 Å². The van der Waals surface area contributed by atoms with Crippen molar-refractivity contribution in [3.8, 4) is 0 Å². The average Bonchev–Trinajstić information content (AvgIpc) is 3.03. The Morgan fingerprint density at radius 2 is 1.96 bits per heavy atom. The van der Waals surface area contributed by atoms with Crippen molar-refractivity contribution in [2.24, 2.45) is 11.7 Å². The van der Waals surface area contributed by atoms with Gasteiger partial charge in [-0.1, -0.05) is 0 Å². The third kappa shape index (κ3) is 4.72. The fraction of sp³-hybridized carbons (Fsp3) is 0.650. The minimum absolute atomic E-state index is 0.0114. The van der Waals surface area contributed by atoms with E-state index in [-0.39, 0.29) is 17.7 Å². The van der Waals surface area contributed by atoms with E-state index >= 15 is 0 Å². The Hall–Kier alpha value is -1.93. The van der Waals surface area contributed by atoms with Crippen LogP contribution in [0.15, 0.2) is 0 Å². The number of likely N-dealkylation sites (tertiary alicyclic amines) is 1. The lowest BCUT2D eigenvalue weighted by Gasteiger charge is -2.33. The molecule has 0 saturated carbocycles. The Bertz CT molecular complexity index is 759. The Morgan fingerprint density at radius 1 is 1.21 bits per heavy atom. The SMILES string of the molecule is CN(C)C(=O)C1CCCN(CCC(=O)Nc2sc3c(c2C(N)=O)CCCC3)C1. The van der Waals surface area contributed by atoms with Crippen molar-refractivity contribution in [1.29, 1.82) is 0 Å². The maximum atomic E-state index is 12.5.